The van der Waals surface area contributed by atoms with Crippen molar-refractivity contribution >= 4 is 40.3 Å². The minimum atomic E-state index is -0.439. The van der Waals surface area contributed by atoms with E-state index in [1.807, 2.05) is 34.9 Å². The zero-order valence-corrected chi connectivity index (χ0v) is 16.3. The molecule has 0 unspecified atom stereocenters. The maximum atomic E-state index is 12.2. The number of methoxy groups -OCH3 is 1. The Bertz CT molecular complexity index is 1150. The fraction of sp³-hybridized carbons (Fsp3) is 0.0952. The molecular formula is C21H15Cl2NO4. The highest BCUT2D eigenvalue weighted by atomic mass is 35.5. The summed E-state index contributed by atoms with van der Waals surface area (Å²) in [4.78, 5) is 12.2. The third kappa shape index (κ3) is 3.59. The van der Waals surface area contributed by atoms with E-state index in [0.29, 0.717) is 39.1 Å². The minimum absolute atomic E-state index is 0.257. The molecule has 0 saturated carbocycles. The molecular weight excluding hydrogens is 401 g/mol. The molecule has 0 aliphatic carbocycles. The number of esters is 1. The standard InChI is InChI=1S/C21H15Cl2NO4/c1-26-21(25)17-10-19-16(24(17)12-13-5-3-2-4-6-13)11-20(28-19)27-18-8-7-14(22)9-15(18)23/h2-11H,12H2,1H3. The summed E-state index contributed by atoms with van der Waals surface area (Å²) in [5.41, 5.74) is 2.66. The third-order valence-electron chi connectivity index (χ3n) is 4.25. The molecule has 4 aromatic rings. The second kappa shape index (κ2) is 7.62. The molecule has 0 atom stereocenters. The summed E-state index contributed by atoms with van der Waals surface area (Å²) in [6, 6.07) is 18.1. The number of carbonyl (C=O) groups excluding carboxylic acids is 1. The van der Waals surface area contributed by atoms with Crippen molar-refractivity contribution in [1.82, 2.24) is 4.57 Å². The van der Waals surface area contributed by atoms with Gasteiger partial charge in [0.25, 0.3) is 5.95 Å². The first kappa shape index (κ1) is 18.5. The fourth-order valence-corrected chi connectivity index (χ4v) is 3.39. The van der Waals surface area contributed by atoms with E-state index < -0.39 is 5.97 Å². The van der Waals surface area contributed by atoms with Crippen molar-refractivity contribution in [3.8, 4) is 11.7 Å². The Labute approximate surface area is 171 Å². The molecule has 0 saturated heterocycles. The van der Waals surface area contributed by atoms with E-state index in [1.54, 1.807) is 30.3 Å². The first-order valence-electron chi connectivity index (χ1n) is 8.43. The van der Waals surface area contributed by atoms with E-state index in [9.17, 15) is 4.79 Å². The molecule has 0 aliphatic heterocycles. The van der Waals surface area contributed by atoms with Gasteiger partial charge in [-0.2, -0.15) is 0 Å². The number of benzene rings is 2. The number of carbonyl (C=O) groups is 1. The summed E-state index contributed by atoms with van der Waals surface area (Å²) in [5.74, 6) is 0.239. The van der Waals surface area contributed by atoms with Crippen LogP contribution in [0.4, 0.5) is 0 Å². The lowest BCUT2D eigenvalue weighted by atomic mass is 10.2. The number of hydrogen-bond acceptors (Lipinski definition) is 4. The topological polar surface area (TPSA) is 53.6 Å². The van der Waals surface area contributed by atoms with Crippen LogP contribution < -0.4 is 4.74 Å². The van der Waals surface area contributed by atoms with Gasteiger partial charge < -0.3 is 18.5 Å². The molecule has 2 heterocycles. The maximum Gasteiger partial charge on any atom is 0.354 e. The van der Waals surface area contributed by atoms with Crippen LogP contribution in [0.2, 0.25) is 10.0 Å². The van der Waals surface area contributed by atoms with Crippen molar-refractivity contribution in [3.63, 3.8) is 0 Å². The molecule has 0 radical (unpaired) electrons. The highest BCUT2D eigenvalue weighted by molar-refractivity contribution is 6.35. The number of aromatic nitrogens is 1. The zero-order chi connectivity index (χ0) is 19.7. The minimum Gasteiger partial charge on any atom is -0.464 e. The average molecular weight is 416 g/mol. The molecule has 0 amide bonds. The van der Waals surface area contributed by atoms with Crippen molar-refractivity contribution < 1.29 is 18.7 Å². The first-order valence-corrected chi connectivity index (χ1v) is 9.19. The van der Waals surface area contributed by atoms with E-state index in [-0.39, 0.29) is 5.95 Å². The van der Waals surface area contributed by atoms with E-state index >= 15 is 0 Å². The van der Waals surface area contributed by atoms with Gasteiger partial charge in [0.2, 0.25) is 0 Å². The van der Waals surface area contributed by atoms with Gasteiger partial charge in [-0.15, -0.1) is 0 Å². The normalized spacial score (nSPS) is 11.0. The quantitative estimate of drug-likeness (QED) is 0.365. The molecule has 28 heavy (non-hydrogen) atoms. The van der Waals surface area contributed by atoms with Crippen LogP contribution in [0.1, 0.15) is 16.1 Å². The van der Waals surface area contributed by atoms with E-state index in [0.717, 1.165) is 5.56 Å². The summed E-state index contributed by atoms with van der Waals surface area (Å²) in [6.45, 7) is 0.482. The van der Waals surface area contributed by atoms with Gasteiger partial charge in [0.15, 0.2) is 5.58 Å². The number of ether oxygens (including phenoxy) is 2. The van der Waals surface area contributed by atoms with E-state index in [4.69, 9.17) is 37.1 Å². The smallest absolute Gasteiger partial charge is 0.354 e. The summed E-state index contributed by atoms with van der Waals surface area (Å²) < 4.78 is 18.3. The van der Waals surface area contributed by atoms with E-state index in [1.165, 1.54) is 7.11 Å². The Morgan fingerprint density at radius 1 is 1.07 bits per heavy atom. The van der Waals surface area contributed by atoms with Crippen molar-refractivity contribution in [2.45, 2.75) is 6.54 Å². The van der Waals surface area contributed by atoms with Crippen LogP contribution in [0.15, 0.2) is 65.1 Å². The molecule has 142 valence electrons. The fourth-order valence-electron chi connectivity index (χ4n) is 2.95. The van der Waals surface area contributed by atoms with Gasteiger partial charge in [0.1, 0.15) is 11.4 Å². The van der Waals surface area contributed by atoms with Crippen molar-refractivity contribution in [2.75, 3.05) is 7.11 Å². The Morgan fingerprint density at radius 3 is 2.57 bits per heavy atom. The molecule has 0 fully saturated rings. The largest absolute Gasteiger partial charge is 0.464 e. The van der Waals surface area contributed by atoms with Gasteiger partial charge in [-0.25, -0.2) is 4.79 Å². The van der Waals surface area contributed by atoms with Crippen LogP contribution in [-0.2, 0) is 11.3 Å². The van der Waals surface area contributed by atoms with Gasteiger partial charge >= 0.3 is 5.97 Å². The lowest BCUT2D eigenvalue weighted by Gasteiger charge is -2.09. The lowest BCUT2D eigenvalue weighted by Crippen LogP contribution is -2.11. The van der Waals surface area contributed by atoms with Crippen molar-refractivity contribution in [2.24, 2.45) is 0 Å². The molecule has 5 nitrogen and oxygen atoms in total. The van der Waals surface area contributed by atoms with Crippen LogP contribution in [0.3, 0.4) is 0 Å². The third-order valence-corrected chi connectivity index (χ3v) is 4.78. The summed E-state index contributed by atoms with van der Waals surface area (Å²) in [7, 11) is 1.35. The molecule has 2 aromatic carbocycles. The van der Waals surface area contributed by atoms with Crippen LogP contribution >= 0.6 is 23.2 Å². The van der Waals surface area contributed by atoms with Crippen LogP contribution in [0, 0.1) is 0 Å². The van der Waals surface area contributed by atoms with Gasteiger partial charge in [-0.3, -0.25) is 0 Å². The molecule has 2 aromatic heterocycles. The molecule has 7 heteroatoms. The zero-order valence-electron chi connectivity index (χ0n) is 14.8. The monoisotopic (exact) mass is 415 g/mol. The Morgan fingerprint density at radius 2 is 1.86 bits per heavy atom. The Hall–Kier alpha value is -2.89. The lowest BCUT2D eigenvalue weighted by molar-refractivity contribution is 0.0589. The van der Waals surface area contributed by atoms with Crippen LogP contribution in [-0.4, -0.2) is 17.6 Å². The van der Waals surface area contributed by atoms with E-state index in [2.05, 4.69) is 0 Å². The van der Waals surface area contributed by atoms with Gasteiger partial charge in [0, 0.05) is 23.7 Å². The average Bonchev–Trinajstić information content (AvgIpc) is 3.23. The molecule has 0 aliphatic rings. The predicted octanol–water partition coefficient (Wildman–Crippen LogP) is 6.17. The number of halogens is 2. The number of fused-ring (bicyclic) bond motifs is 1. The van der Waals surface area contributed by atoms with Crippen molar-refractivity contribution in [3.05, 3.63) is 82.0 Å². The van der Waals surface area contributed by atoms with Gasteiger partial charge in [0.05, 0.1) is 17.6 Å². The number of hydrogen-bond donors (Lipinski definition) is 0. The summed E-state index contributed by atoms with van der Waals surface area (Å²) >= 11 is 12.1. The summed E-state index contributed by atoms with van der Waals surface area (Å²) in [6.07, 6.45) is 0. The number of rotatable bonds is 5. The highest BCUT2D eigenvalue weighted by Gasteiger charge is 2.21. The second-order valence-electron chi connectivity index (χ2n) is 6.08. The Kier molecular flexibility index (Phi) is 5.03. The molecule has 0 bridgehead atoms. The van der Waals surface area contributed by atoms with Crippen LogP contribution in [0.25, 0.3) is 11.1 Å². The van der Waals surface area contributed by atoms with Crippen molar-refractivity contribution in [1.29, 1.82) is 0 Å². The molecule has 4 rings (SSSR count). The van der Waals surface area contributed by atoms with Gasteiger partial charge in [-0.05, 0) is 23.8 Å². The maximum absolute atomic E-state index is 12.2. The molecule has 0 spiro atoms. The second-order valence-corrected chi connectivity index (χ2v) is 6.93. The SMILES string of the molecule is COC(=O)c1cc2oc(Oc3ccc(Cl)cc3Cl)cc2n1Cc1ccccc1. The number of furan rings is 1. The van der Waals surface area contributed by atoms with Gasteiger partial charge in [-0.1, -0.05) is 53.5 Å². The Balaban J connectivity index is 1.73. The van der Waals surface area contributed by atoms with Crippen LogP contribution in [0.5, 0.6) is 11.7 Å². The molecule has 0 N–H and O–H groups in total. The number of nitrogens with zero attached hydrogens (tertiary/aromatic N) is 1. The first-order chi connectivity index (χ1) is 13.5. The predicted molar refractivity (Wildman–Crippen MR) is 108 cm³/mol. The summed E-state index contributed by atoms with van der Waals surface area (Å²) in [5, 5.41) is 0.884. The highest BCUT2D eigenvalue weighted by Crippen LogP contribution is 2.35.